The lowest BCUT2D eigenvalue weighted by molar-refractivity contribution is 0.132. The molecule has 0 bridgehead atoms. The van der Waals surface area contributed by atoms with Crippen molar-refractivity contribution in [1.29, 1.82) is 0 Å². The quantitative estimate of drug-likeness (QED) is 0.146. The van der Waals surface area contributed by atoms with Crippen molar-refractivity contribution >= 4 is 29.4 Å². The summed E-state index contributed by atoms with van der Waals surface area (Å²) in [5, 5.41) is 8.55. The van der Waals surface area contributed by atoms with Gasteiger partial charge in [0.25, 0.3) is 0 Å². The van der Waals surface area contributed by atoms with E-state index in [-0.39, 0.29) is 11.1 Å². The van der Waals surface area contributed by atoms with E-state index in [1.54, 1.807) is 29.1 Å². The van der Waals surface area contributed by atoms with E-state index < -0.39 is 0 Å². The topological polar surface area (TPSA) is 67.1 Å². The third-order valence-electron chi connectivity index (χ3n) is 5.13. The van der Waals surface area contributed by atoms with Crippen molar-refractivity contribution in [3.05, 3.63) is 106 Å². The molecular formula is C28H25Cl2N3O4. The molecule has 3 aromatic carbocycles. The minimum Gasteiger partial charge on any atom is -0.489 e. The molecule has 0 aliphatic rings. The third-order valence-corrected chi connectivity index (χ3v) is 5.44. The summed E-state index contributed by atoms with van der Waals surface area (Å²) in [6, 6.07) is 24.4. The Bertz CT molecular complexity index is 1350. The Hall–Kier alpha value is -3.94. The van der Waals surface area contributed by atoms with E-state index in [9.17, 15) is 0 Å². The van der Waals surface area contributed by atoms with Gasteiger partial charge in [0.2, 0.25) is 5.88 Å². The Morgan fingerprint density at radius 1 is 0.865 bits per heavy atom. The molecule has 4 aromatic rings. The first-order valence-corrected chi connectivity index (χ1v) is 12.2. The van der Waals surface area contributed by atoms with Gasteiger partial charge in [-0.25, -0.2) is 4.68 Å². The molecule has 0 N–H and O–H groups in total. The molecule has 0 fully saturated rings. The molecule has 9 heteroatoms. The highest BCUT2D eigenvalue weighted by atomic mass is 35.5. The van der Waals surface area contributed by atoms with E-state index in [2.05, 4.69) is 10.3 Å². The van der Waals surface area contributed by atoms with Crippen molar-refractivity contribution in [2.75, 3.05) is 6.61 Å². The highest BCUT2D eigenvalue weighted by molar-refractivity contribution is 6.55. The lowest BCUT2D eigenvalue weighted by atomic mass is 10.2. The number of nitrogens with zero attached hydrogens (tertiary/aromatic N) is 3. The maximum Gasteiger partial charge on any atom is 0.226 e. The van der Waals surface area contributed by atoms with Crippen molar-refractivity contribution in [1.82, 2.24) is 9.78 Å². The highest BCUT2D eigenvalue weighted by Crippen LogP contribution is 2.29. The molecule has 0 saturated heterocycles. The fraction of sp³-hybridized carbons (Fsp3) is 0.143. The van der Waals surface area contributed by atoms with Crippen molar-refractivity contribution in [2.45, 2.75) is 13.5 Å². The monoisotopic (exact) mass is 537 g/mol. The number of oxime groups is 1. The fourth-order valence-electron chi connectivity index (χ4n) is 3.33. The largest absolute Gasteiger partial charge is 0.489 e. The molecule has 4 rings (SSSR count). The van der Waals surface area contributed by atoms with E-state index in [0.29, 0.717) is 35.5 Å². The zero-order valence-corrected chi connectivity index (χ0v) is 21.8. The molecule has 0 saturated carbocycles. The number of rotatable bonds is 11. The Balaban J connectivity index is 1.35. The lowest BCUT2D eigenvalue weighted by Gasteiger charge is -2.10. The van der Waals surface area contributed by atoms with E-state index in [1.165, 1.54) is 0 Å². The van der Waals surface area contributed by atoms with Crippen LogP contribution in [0.3, 0.4) is 0 Å². The molecular weight excluding hydrogens is 513 g/mol. The summed E-state index contributed by atoms with van der Waals surface area (Å²) in [6.45, 7) is 2.56. The van der Waals surface area contributed by atoms with Gasteiger partial charge in [0, 0.05) is 7.05 Å². The Morgan fingerprint density at radius 2 is 1.46 bits per heavy atom. The maximum atomic E-state index is 6.11. The first-order valence-electron chi connectivity index (χ1n) is 11.4. The summed E-state index contributed by atoms with van der Waals surface area (Å²) >= 11 is 11.2. The van der Waals surface area contributed by atoms with Crippen LogP contribution in [0.2, 0.25) is 0 Å². The molecule has 0 radical (unpaired) electrons. The summed E-state index contributed by atoms with van der Waals surface area (Å²) in [5.74, 6) is 3.20. The Kier molecular flexibility index (Phi) is 9.08. The molecule has 1 aromatic heterocycles. The van der Waals surface area contributed by atoms with Gasteiger partial charge in [-0.05, 0) is 67.1 Å². The summed E-state index contributed by atoms with van der Waals surface area (Å²) in [5.41, 5.74) is 2.55. The predicted molar refractivity (Wildman–Crippen MR) is 145 cm³/mol. The fourth-order valence-corrected chi connectivity index (χ4v) is 3.45. The Labute approximate surface area is 225 Å². The minimum atomic E-state index is 0.170. The third kappa shape index (κ3) is 7.77. The van der Waals surface area contributed by atoms with Crippen molar-refractivity contribution < 1.29 is 19.0 Å². The van der Waals surface area contributed by atoms with Gasteiger partial charge in [-0.15, -0.1) is 0 Å². The van der Waals surface area contributed by atoms with Gasteiger partial charge >= 0.3 is 0 Å². The van der Waals surface area contributed by atoms with Gasteiger partial charge in [0.1, 0.15) is 40.7 Å². The molecule has 37 heavy (non-hydrogen) atoms. The number of benzene rings is 3. The Morgan fingerprint density at radius 3 is 2.08 bits per heavy atom. The first-order chi connectivity index (χ1) is 18.0. The summed E-state index contributed by atoms with van der Waals surface area (Å²) in [7, 11) is 1.82. The second-order valence-electron chi connectivity index (χ2n) is 7.87. The van der Waals surface area contributed by atoms with Crippen LogP contribution in [0.1, 0.15) is 16.8 Å². The van der Waals surface area contributed by atoms with Gasteiger partial charge in [-0.2, -0.15) is 5.10 Å². The maximum absolute atomic E-state index is 6.11. The summed E-state index contributed by atoms with van der Waals surface area (Å²) in [6.07, 6.45) is 3.19. The molecule has 0 aliphatic heterocycles. The first kappa shape index (κ1) is 26.1. The van der Waals surface area contributed by atoms with Crippen LogP contribution in [0.25, 0.3) is 0 Å². The molecule has 0 unspecified atom stereocenters. The zero-order valence-electron chi connectivity index (χ0n) is 20.3. The number of ether oxygens (including phenoxy) is 3. The molecule has 7 nitrogen and oxygen atoms in total. The van der Waals surface area contributed by atoms with Gasteiger partial charge in [-0.3, -0.25) is 0 Å². The summed E-state index contributed by atoms with van der Waals surface area (Å²) in [4.78, 5) is 5.44. The van der Waals surface area contributed by atoms with Crippen LogP contribution in [0.15, 0.2) is 94.6 Å². The van der Waals surface area contributed by atoms with Crippen molar-refractivity contribution in [2.24, 2.45) is 12.2 Å². The number of hydrogen-bond donors (Lipinski definition) is 0. The molecule has 0 atom stereocenters. The molecule has 0 amide bonds. The van der Waals surface area contributed by atoms with E-state index in [0.717, 1.165) is 16.8 Å². The standard InChI is InChI=1S/C28H25Cl2N3O4/c1-20-26(18-31-35-19-21-6-4-3-5-7-21)28(33(2)32-20)37-25-14-12-24(13-15-25)36-23-10-8-22(9-11-23)34-17-16-27(29)30/h3-16,18H,17,19H2,1-2H3/b31-18-. The average molecular weight is 538 g/mol. The normalized spacial score (nSPS) is 10.8. The van der Waals surface area contributed by atoms with E-state index in [4.69, 9.17) is 42.3 Å². The number of halogens is 2. The van der Waals surface area contributed by atoms with Crippen LogP contribution in [0.5, 0.6) is 28.9 Å². The average Bonchev–Trinajstić information content (AvgIpc) is 3.16. The van der Waals surface area contributed by atoms with Crippen LogP contribution in [0.4, 0.5) is 0 Å². The van der Waals surface area contributed by atoms with Crippen molar-refractivity contribution in [3.63, 3.8) is 0 Å². The van der Waals surface area contributed by atoms with Gasteiger partial charge in [0.05, 0.1) is 17.5 Å². The molecule has 190 valence electrons. The smallest absolute Gasteiger partial charge is 0.226 e. The number of aryl methyl sites for hydroxylation is 2. The highest BCUT2D eigenvalue weighted by Gasteiger charge is 2.14. The molecule has 0 aliphatic carbocycles. The van der Waals surface area contributed by atoms with Gasteiger partial charge in [0.15, 0.2) is 0 Å². The number of hydrogen-bond acceptors (Lipinski definition) is 6. The second kappa shape index (κ2) is 12.9. The minimum absolute atomic E-state index is 0.170. The second-order valence-corrected chi connectivity index (χ2v) is 8.88. The number of aromatic nitrogens is 2. The van der Waals surface area contributed by atoms with Crippen LogP contribution < -0.4 is 14.2 Å². The van der Waals surface area contributed by atoms with Crippen LogP contribution in [0, 0.1) is 6.92 Å². The molecule has 1 heterocycles. The van der Waals surface area contributed by atoms with Crippen LogP contribution >= 0.6 is 23.2 Å². The van der Waals surface area contributed by atoms with Gasteiger partial charge < -0.3 is 19.0 Å². The van der Waals surface area contributed by atoms with Crippen molar-refractivity contribution in [3.8, 4) is 28.9 Å². The summed E-state index contributed by atoms with van der Waals surface area (Å²) < 4.78 is 19.4. The lowest BCUT2D eigenvalue weighted by Crippen LogP contribution is -1.97. The zero-order chi connectivity index (χ0) is 26.0. The SMILES string of the molecule is Cc1nn(C)c(Oc2ccc(Oc3ccc(OCC=C(Cl)Cl)cc3)cc2)c1/C=N\OCc1ccccc1. The van der Waals surface area contributed by atoms with Crippen LogP contribution in [-0.2, 0) is 18.5 Å². The molecule has 0 spiro atoms. The van der Waals surface area contributed by atoms with Gasteiger partial charge in [-0.1, -0.05) is 58.7 Å². The van der Waals surface area contributed by atoms with E-state index in [1.807, 2.05) is 80.7 Å². The van der Waals surface area contributed by atoms with E-state index >= 15 is 0 Å². The van der Waals surface area contributed by atoms with Crippen LogP contribution in [-0.4, -0.2) is 22.6 Å². The predicted octanol–water partition coefficient (Wildman–Crippen LogP) is 7.56.